The number of aliphatic imine (C=N–C) groups is 1. The summed E-state index contributed by atoms with van der Waals surface area (Å²) < 4.78 is 4.97. The van der Waals surface area contributed by atoms with Gasteiger partial charge in [0.1, 0.15) is 5.04 Å². The van der Waals surface area contributed by atoms with Gasteiger partial charge in [0, 0.05) is 6.07 Å². The van der Waals surface area contributed by atoms with Gasteiger partial charge in [0.05, 0.1) is 18.1 Å². The van der Waals surface area contributed by atoms with E-state index in [0.717, 1.165) is 23.0 Å². The van der Waals surface area contributed by atoms with Crippen LogP contribution in [0.4, 0.5) is 5.82 Å². The number of hydrogen-bond acceptors (Lipinski definition) is 7. The van der Waals surface area contributed by atoms with Crippen molar-refractivity contribution in [3.8, 4) is 11.3 Å². The lowest BCUT2D eigenvalue weighted by atomic mass is 10.2. The van der Waals surface area contributed by atoms with Crippen LogP contribution in [0.3, 0.4) is 0 Å². The normalized spacial score (nSPS) is 14.4. The summed E-state index contributed by atoms with van der Waals surface area (Å²) in [6, 6.07) is 11.4. The number of esters is 1. The molecule has 1 aliphatic heterocycles. The molecule has 25 heavy (non-hydrogen) atoms. The second-order valence-electron chi connectivity index (χ2n) is 4.92. The highest BCUT2D eigenvalue weighted by molar-refractivity contribution is 8.17. The van der Waals surface area contributed by atoms with Crippen LogP contribution in [-0.2, 0) is 14.3 Å². The molecule has 0 fully saturated rings. The zero-order chi connectivity index (χ0) is 17.6. The third-order valence-electron chi connectivity index (χ3n) is 3.17. The Morgan fingerprint density at radius 1 is 1.40 bits per heavy atom. The van der Waals surface area contributed by atoms with Gasteiger partial charge >= 0.3 is 5.97 Å². The molecular weight excluding hydrogens is 342 g/mol. The number of benzene rings is 1. The van der Waals surface area contributed by atoms with Gasteiger partial charge in [-0.05, 0) is 12.5 Å². The van der Waals surface area contributed by atoms with E-state index >= 15 is 0 Å². The Morgan fingerprint density at radius 2 is 2.20 bits per heavy atom. The fraction of sp³-hybridized carbons (Fsp3) is 0.188. The average Bonchev–Trinajstić information content (AvgIpc) is 3.26. The molecule has 0 radical (unpaired) electrons. The van der Waals surface area contributed by atoms with Crippen molar-refractivity contribution in [1.29, 1.82) is 0 Å². The number of hydrazone groups is 1. The summed E-state index contributed by atoms with van der Waals surface area (Å²) in [5.41, 5.74) is 4.44. The number of carbonyl (C=O) groups is 2. The zero-order valence-corrected chi connectivity index (χ0v) is 14.2. The second-order valence-corrected chi connectivity index (χ2v) is 5.89. The highest BCUT2D eigenvalue weighted by Crippen LogP contribution is 2.20. The molecular formula is C16H15N5O3S. The van der Waals surface area contributed by atoms with Crippen LogP contribution in [0.2, 0.25) is 0 Å². The van der Waals surface area contributed by atoms with Crippen molar-refractivity contribution in [3.05, 3.63) is 36.4 Å². The van der Waals surface area contributed by atoms with E-state index < -0.39 is 5.97 Å². The van der Waals surface area contributed by atoms with E-state index in [1.54, 1.807) is 13.0 Å². The quantitative estimate of drug-likeness (QED) is 0.465. The van der Waals surface area contributed by atoms with E-state index in [-0.39, 0.29) is 29.0 Å². The number of aromatic nitrogens is 2. The first kappa shape index (κ1) is 16.9. The molecule has 9 heteroatoms. The van der Waals surface area contributed by atoms with Gasteiger partial charge in [0.25, 0.3) is 5.91 Å². The number of nitrogens with zero attached hydrogens (tertiary/aromatic N) is 3. The molecule has 0 aliphatic carbocycles. The van der Waals surface area contributed by atoms with Crippen LogP contribution in [0, 0.1) is 0 Å². The number of H-pyrrole nitrogens is 1. The number of rotatable bonds is 6. The molecule has 0 bridgehead atoms. The molecule has 3 rings (SSSR count). The zero-order valence-electron chi connectivity index (χ0n) is 13.4. The minimum absolute atomic E-state index is 0.0399. The number of nitrogens with one attached hydrogen (secondary N) is 2. The number of ether oxygens (including phenoxy) is 1. The summed E-state index contributed by atoms with van der Waals surface area (Å²) in [5, 5.41) is 11.3. The van der Waals surface area contributed by atoms with Crippen molar-refractivity contribution in [1.82, 2.24) is 10.2 Å². The molecule has 128 valence electrons. The predicted molar refractivity (Wildman–Crippen MR) is 96.6 cm³/mol. The van der Waals surface area contributed by atoms with E-state index in [1.165, 1.54) is 0 Å². The monoisotopic (exact) mass is 357 g/mol. The number of carbonyl (C=O) groups excluding carboxylic acids is 2. The summed E-state index contributed by atoms with van der Waals surface area (Å²) in [5.74, 6) is -0.331. The van der Waals surface area contributed by atoms with Crippen LogP contribution in [0.5, 0.6) is 0 Å². The molecule has 1 aromatic heterocycles. The molecule has 2 aromatic rings. The lowest BCUT2D eigenvalue weighted by molar-refractivity contribution is -0.134. The van der Waals surface area contributed by atoms with Gasteiger partial charge in [-0.2, -0.15) is 10.2 Å². The predicted octanol–water partition coefficient (Wildman–Crippen LogP) is 2.08. The SMILES string of the molecule is CCOC(=O)C(=NNc1cc(-c2ccccc2)[nH]n1)C1=NC(=O)CS1. The maximum Gasteiger partial charge on any atom is 0.361 e. The Morgan fingerprint density at radius 3 is 2.88 bits per heavy atom. The smallest absolute Gasteiger partial charge is 0.361 e. The van der Waals surface area contributed by atoms with Crippen molar-refractivity contribution in [3.63, 3.8) is 0 Å². The van der Waals surface area contributed by atoms with E-state index in [1.807, 2.05) is 30.3 Å². The largest absolute Gasteiger partial charge is 0.461 e. The van der Waals surface area contributed by atoms with E-state index in [9.17, 15) is 9.59 Å². The first-order valence-electron chi connectivity index (χ1n) is 7.53. The molecule has 1 aliphatic rings. The Hall–Kier alpha value is -2.94. The van der Waals surface area contributed by atoms with E-state index in [0.29, 0.717) is 5.82 Å². The molecule has 2 heterocycles. The molecule has 0 atom stereocenters. The van der Waals surface area contributed by atoms with Crippen LogP contribution in [0.1, 0.15) is 6.92 Å². The van der Waals surface area contributed by atoms with Crippen molar-refractivity contribution in [2.45, 2.75) is 6.92 Å². The highest BCUT2D eigenvalue weighted by Gasteiger charge is 2.26. The maximum absolute atomic E-state index is 12.1. The number of aromatic amines is 1. The lowest BCUT2D eigenvalue weighted by Gasteiger charge is -2.04. The van der Waals surface area contributed by atoms with Gasteiger partial charge in [-0.25, -0.2) is 9.79 Å². The first-order valence-corrected chi connectivity index (χ1v) is 8.52. The van der Waals surface area contributed by atoms with Gasteiger partial charge in [-0.15, -0.1) is 0 Å². The van der Waals surface area contributed by atoms with Crippen LogP contribution in [0.25, 0.3) is 11.3 Å². The van der Waals surface area contributed by atoms with Crippen LogP contribution in [0.15, 0.2) is 46.5 Å². The third kappa shape index (κ3) is 4.13. The van der Waals surface area contributed by atoms with Gasteiger partial charge in [0.2, 0.25) is 5.71 Å². The molecule has 8 nitrogen and oxygen atoms in total. The Bertz CT molecular complexity index is 844. The summed E-state index contributed by atoms with van der Waals surface area (Å²) in [4.78, 5) is 27.2. The topological polar surface area (TPSA) is 109 Å². The van der Waals surface area contributed by atoms with Crippen molar-refractivity contribution < 1.29 is 14.3 Å². The molecule has 0 saturated carbocycles. The highest BCUT2D eigenvalue weighted by atomic mass is 32.2. The van der Waals surface area contributed by atoms with Crippen LogP contribution < -0.4 is 5.43 Å². The number of anilines is 1. The van der Waals surface area contributed by atoms with Crippen LogP contribution in [-0.4, -0.2) is 45.2 Å². The lowest BCUT2D eigenvalue weighted by Crippen LogP contribution is -2.25. The second kappa shape index (κ2) is 7.75. The Labute approximate surface area is 147 Å². The summed E-state index contributed by atoms with van der Waals surface area (Å²) >= 11 is 1.15. The van der Waals surface area contributed by atoms with Gasteiger partial charge < -0.3 is 4.74 Å². The van der Waals surface area contributed by atoms with Crippen molar-refractivity contribution in [2.75, 3.05) is 17.8 Å². The van der Waals surface area contributed by atoms with Gasteiger partial charge in [-0.1, -0.05) is 42.1 Å². The Kier molecular flexibility index (Phi) is 5.24. The number of thioether (sulfide) groups is 1. The molecule has 2 N–H and O–H groups in total. The third-order valence-corrected chi connectivity index (χ3v) is 4.12. The average molecular weight is 357 g/mol. The van der Waals surface area contributed by atoms with Crippen molar-refractivity contribution >= 4 is 40.2 Å². The van der Waals surface area contributed by atoms with Crippen LogP contribution >= 0.6 is 11.8 Å². The summed E-state index contributed by atoms with van der Waals surface area (Å²) in [6.45, 7) is 1.89. The maximum atomic E-state index is 12.1. The molecule has 1 amide bonds. The molecule has 0 saturated heterocycles. The van der Waals surface area contributed by atoms with Crippen molar-refractivity contribution in [2.24, 2.45) is 10.1 Å². The summed E-state index contributed by atoms with van der Waals surface area (Å²) in [6.07, 6.45) is 0. The van der Waals surface area contributed by atoms with E-state index in [2.05, 4.69) is 25.7 Å². The number of hydrogen-bond donors (Lipinski definition) is 2. The van der Waals surface area contributed by atoms with E-state index in [4.69, 9.17) is 4.74 Å². The molecule has 1 aromatic carbocycles. The molecule has 0 spiro atoms. The molecule has 0 unspecified atom stereocenters. The number of amides is 1. The fourth-order valence-corrected chi connectivity index (χ4v) is 2.82. The fourth-order valence-electron chi connectivity index (χ4n) is 2.07. The van der Waals surface area contributed by atoms with Gasteiger partial charge in [-0.3, -0.25) is 15.3 Å². The first-order chi connectivity index (χ1) is 12.2. The minimum Gasteiger partial charge on any atom is -0.461 e. The van der Waals surface area contributed by atoms with Gasteiger partial charge in [0.15, 0.2) is 5.82 Å². The Balaban J connectivity index is 1.79. The minimum atomic E-state index is -0.644. The standard InChI is InChI=1S/C16H15N5O3S/c1-2-24-16(23)14(15-17-13(22)9-25-15)21-20-12-8-11(18-19-12)10-6-4-3-5-7-10/h3-8H,2,9H2,1H3,(H2,18,19,20). The summed E-state index contributed by atoms with van der Waals surface area (Å²) in [7, 11) is 0.